The normalized spacial score (nSPS) is 11.0. The van der Waals surface area contributed by atoms with E-state index in [1.807, 2.05) is 48.5 Å². The summed E-state index contributed by atoms with van der Waals surface area (Å²) < 4.78 is 5.99. The van der Waals surface area contributed by atoms with Crippen LogP contribution in [0.15, 0.2) is 65.3 Å². The van der Waals surface area contributed by atoms with E-state index in [4.69, 9.17) is 4.74 Å². The van der Waals surface area contributed by atoms with Crippen LogP contribution in [0.25, 0.3) is 17.0 Å². The fourth-order valence-electron chi connectivity index (χ4n) is 2.30. The minimum Gasteiger partial charge on any atom is -0.454 e. The van der Waals surface area contributed by atoms with E-state index in [0.29, 0.717) is 5.56 Å². The van der Waals surface area contributed by atoms with Crippen molar-refractivity contribution < 1.29 is 14.3 Å². The van der Waals surface area contributed by atoms with Gasteiger partial charge >= 0.3 is 5.97 Å². The third kappa shape index (κ3) is 3.81. The van der Waals surface area contributed by atoms with Crippen molar-refractivity contribution in [3.05, 3.63) is 76.4 Å². The molecule has 4 nitrogen and oxygen atoms in total. The number of benzene rings is 2. The molecule has 0 amide bonds. The van der Waals surface area contributed by atoms with Gasteiger partial charge in [0.2, 0.25) is 5.78 Å². The molecule has 1 aromatic heterocycles. The predicted molar refractivity (Wildman–Crippen MR) is 96.8 cm³/mol. The summed E-state index contributed by atoms with van der Waals surface area (Å²) in [7, 11) is 0. The fourth-order valence-corrected chi connectivity index (χ4v) is 2.57. The molecule has 0 unspecified atom stereocenters. The van der Waals surface area contributed by atoms with E-state index in [1.165, 1.54) is 6.08 Å². The number of hydrogen-bond donors (Lipinski definition) is 1. The van der Waals surface area contributed by atoms with E-state index in [-0.39, 0.29) is 12.4 Å². The van der Waals surface area contributed by atoms with Crippen LogP contribution in [0, 0.1) is 0 Å². The first-order chi connectivity index (χ1) is 11.6. The predicted octanol–water partition coefficient (Wildman–Crippen LogP) is 4.37. The van der Waals surface area contributed by atoms with Gasteiger partial charge in [-0.2, -0.15) is 0 Å². The number of ether oxygens (including phenoxy) is 1. The van der Waals surface area contributed by atoms with Crippen LogP contribution >= 0.6 is 15.9 Å². The lowest BCUT2D eigenvalue weighted by atomic mass is 10.1. The Kier molecular flexibility index (Phi) is 4.91. The van der Waals surface area contributed by atoms with Crippen molar-refractivity contribution in [1.82, 2.24) is 4.98 Å². The Balaban J connectivity index is 1.59. The average molecular weight is 384 g/mol. The number of carbonyl (C=O) groups is 2. The number of ketones is 1. The molecule has 3 aromatic rings. The van der Waals surface area contributed by atoms with Gasteiger partial charge in [-0.1, -0.05) is 46.3 Å². The number of nitrogens with one attached hydrogen (secondary N) is 1. The number of esters is 1. The highest BCUT2D eigenvalue weighted by Crippen LogP contribution is 2.18. The molecule has 0 saturated carbocycles. The van der Waals surface area contributed by atoms with E-state index in [9.17, 15) is 9.59 Å². The molecule has 0 bridgehead atoms. The van der Waals surface area contributed by atoms with Gasteiger partial charge in [0.05, 0.1) is 0 Å². The molecule has 2 aromatic carbocycles. The summed E-state index contributed by atoms with van der Waals surface area (Å²) in [6.45, 7) is -0.286. The maximum atomic E-state index is 12.2. The Morgan fingerprint density at radius 2 is 1.83 bits per heavy atom. The van der Waals surface area contributed by atoms with Crippen LogP contribution < -0.4 is 0 Å². The lowest BCUT2D eigenvalue weighted by molar-refractivity contribution is -0.136. The minimum absolute atomic E-state index is 0.238. The molecule has 24 heavy (non-hydrogen) atoms. The summed E-state index contributed by atoms with van der Waals surface area (Å²) >= 11 is 3.35. The molecule has 0 saturated heterocycles. The van der Waals surface area contributed by atoms with Crippen molar-refractivity contribution in [3.8, 4) is 0 Å². The standard InChI is InChI=1S/C19H14BrNO3/c20-14-8-5-13(6-9-14)7-10-19(23)24-12-18(22)16-11-21-17-4-2-1-3-15(16)17/h1-11,21H,12H2/b10-7+. The number of H-pyrrole nitrogens is 1. The molecule has 0 radical (unpaired) electrons. The summed E-state index contributed by atoms with van der Waals surface area (Å²) in [5.41, 5.74) is 2.27. The van der Waals surface area contributed by atoms with E-state index in [0.717, 1.165) is 20.9 Å². The van der Waals surface area contributed by atoms with Crippen LogP contribution in [0.2, 0.25) is 0 Å². The van der Waals surface area contributed by atoms with Crippen LogP contribution in [0.5, 0.6) is 0 Å². The second kappa shape index (κ2) is 7.27. The molecule has 0 aliphatic rings. The molecule has 1 heterocycles. The lowest BCUT2D eigenvalue weighted by Gasteiger charge is -2.01. The molecular weight excluding hydrogens is 370 g/mol. The first kappa shape index (κ1) is 16.2. The number of aromatic nitrogens is 1. The zero-order valence-electron chi connectivity index (χ0n) is 12.7. The zero-order chi connectivity index (χ0) is 16.9. The number of halogens is 1. The van der Waals surface area contributed by atoms with Crippen LogP contribution in [0.1, 0.15) is 15.9 Å². The van der Waals surface area contributed by atoms with Gasteiger partial charge in [0.15, 0.2) is 6.61 Å². The smallest absolute Gasteiger partial charge is 0.331 e. The van der Waals surface area contributed by atoms with Crippen molar-refractivity contribution in [2.75, 3.05) is 6.61 Å². The highest BCUT2D eigenvalue weighted by Gasteiger charge is 2.13. The molecule has 3 rings (SSSR count). The number of Topliss-reactive ketones (excluding diaryl/α,β-unsaturated/α-hetero) is 1. The monoisotopic (exact) mass is 383 g/mol. The van der Waals surface area contributed by atoms with E-state index < -0.39 is 5.97 Å². The third-order valence-corrected chi connectivity index (χ3v) is 4.05. The Bertz CT molecular complexity index is 910. The second-order valence-corrected chi connectivity index (χ2v) is 6.08. The van der Waals surface area contributed by atoms with Crippen molar-refractivity contribution in [3.63, 3.8) is 0 Å². The number of aromatic amines is 1. The van der Waals surface area contributed by atoms with Crippen molar-refractivity contribution in [1.29, 1.82) is 0 Å². The molecule has 5 heteroatoms. The summed E-state index contributed by atoms with van der Waals surface area (Å²) in [6.07, 6.45) is 4.59. The molecule has 1 N–H and O–H groups in total. The number of carbonyl (C=O) groups excluding carboxylic acids is 2. The van der Waals surface area contributed by atoms with Crippen LogP contribution in [-0.2, 0) is 9.53 Å². The number of para-hydroxylation sites is 1. The number of fused-ring (bicyclic) bond motifs is 1. The maximum absolute atomic E-state index is 12.2. The molecule has 0 fully saturated rings. The maximum Gasteiger partial charge on any atom is 0.331 e. The molecular formula is C19H14BrNO3. The van der Waals surface area contributed by atoms with E-state index in [2.05, 4.69) is 20.9 Å². The first-order valence-electron chi connectivity index (χ1n) is 7.33. The van der Waals surface area contributed by atoms with Gasteiger partial charge in [0, 0.05) is 33.2 Å². The molecule has 0 spiro atoms. The summed E-state index contributed by atoms with van der Waals surface area (Å²) in [5, 5.41) is 0.823. The van der Waals surface area contributed by atoms with Gasteiger partial charge in [-0.3, -0.25) is 4.79 Å². The Labute approximate surface area is 147 Å². The van der Waals surface area contributed by atoms with Crippen LogP contribution in [0.3, 0.4) is 0 Å². The first-order valence-corrected chi connectivity index (χ1v) is 8.12. The molecule has 0 aliphatic heterocycles. The fraction of sp³-hybridized carbons (Fsp3) is 0.0526. The van der Waals surface area contributed by atoms with Crippen molar-refractivity contribution in [2.45, 2.75) is 0 Å². The minimum atomic E-state index is -0.550. The number of rotatable bonds is 5. The molecule has 120 valence electrons. The molecule has 0 aliphatic carbocycles. The SMILES string of the molecule is O=C(/C=C/c1ccc(Br)cc1)OCC(=O)c1c[nH]c2ccccc12. The van der Waals surface area contributed by atoms with Crippen LogP contribution in [-0.4, -0.2) is 23.3 Å². The van der Waals surface area contributed by atoms with Crippen molar-refractivity contribution in [2.24, 2.45) is 0 Å². The average Bonchev–Trinajstić information content (AvgIpc) is 3.03. The van der Waals surface area contributed by atoms with Gasteiger partial charge in [0.1, 0.15) is 0 Å². The van der Waals surface area contributed by atoms with Gasteiger partial charge in [-0.05, 0) is 29.8 Å². The second-order valence-electron chi connectivity index (χ2n) is 5.16. The Morgan fingerprint density at radius 3 is 2.62 bits per heavy atom. The van der Waals surface area contributed by atoms with Gasteiger partial charge in [0.25, 0.3) is 0 Å². The molecule has 0 atom stereocenters. The van der Waals surface area contributed by atoms with Gasteiger partial charge in [-0.15, -0.1) is 0 Å². The Hall–Kier alpha value is -2.66. The van der Waals surface area contributed by atoms with Crippen LogP contribution in [0.4, 0.5) is 0 Å². The van der Waals surface area contributed by atoms with Gasteiger partial charge < -0.3 is 9.72 Å². The van der Waals surface area contributed by atoms with Crippen molar-refractivity contribution >= 4 is 44.7 Å². The quantitative estimate of drug-likeness (QED) is 0.404. The highest BCUT2D eigenvalue weighted by molar-refractivity contribution is 9.10. The Morgan fingerprint density at radius 1 is 1.08 bits per heavy atom. The highest BCUT2D eigenvalue weighted by atomic mass is 79.9. The summed E-state index contributed by atoms with van der Waals surface area (Å²) in [6, 6.07) is 15.0. The zero-order valence-corrected chi connectivity index (χ0v) is 14.2. The summed E-state index contributed by atoms with van der Waals surface area (Å²) in [5.74, 6) is -0.788. The lowest BCUT2D eigenvalue weighted by Crippen LogP contribution is -2.12. The third-order valence-electron chi connectivity index (χ3n) is 3.52. The van der Waals surface area contributed by atoms with Gasteiger partial charge in [-0.25, -0.2) is 4.79 Å². The topological polar surface area (TPSA) is 59.2 Å². The van der Waals surface area contributed by atoms with E-state index >= 15 is 0 Å². The summed E-state index contributed by atoms with van der Waals surface area (Å²) in [4.78, 5) is 27.0. The largest absolute Gasteiger partial charge is 0.454 e. The number of hydrogen-bond acceptors (Lipinski definition) is 3. The van der Waals surface area contributed by atoms with E-state index in [1.54, 1.807) is 12.3 Å².